The standard InChI is InChI=1S/C20H36N2O6/c1-8-12(9-2)15(21-11(3)23)14-13(22-18(27)28-19(4,5)6)10-20(7,16(14)24)17(25)26/h12-16,24H,8-10H2,1-7H3,(H,21,23)(H,22,27)(H,25,26)/t13-,14-,15+,16+,20+/m1/s1. The molecule has 0 aromatic rings. The molecule has 8 nitrogen and oxygen atoms in total. The number of aliphatic hydroxyl groups excluding tert-OH is 1. The van der Waals surface area contributed by atoms with Crippen LogP contribution in [0.15, 0.2) is 0 Å². The summed E-state index contributed by atoms with van der Waals surface area (Å²) >= 11 is 0. The molecule has 1 rings (SSSR count). The van der Waals surface area contributed by atoms with Crippen LogP contribution in [0.1, 0.15) is 67.7 Å². The van der Waals surface area contributed by atoms with E-state index in [2.05, 4.69) is 10.6 Å². The molecule has 2 amide bonds. The molecule has 162 valence electrons. The van der Waals surface area contributed by atoms with Gasteiger partial charge in [-0.25, -0.2) is 4.79 Å². The van der Waals surface area contributed by atoms with E-state index < -0.39 is 47.2 Å². The monoisotopic (exact) mass is 400 g/mol. The zero-order chi connectivity index (χ0) is 21.9. The molecule has 1 fully saturated rings. The summed E-state index contributed by atoms with van der Waals surface area (Å²) in [4.78, 5) is 36.1. The van der Waals surface area contributed by atoms with Gasteiger partial charge in [-0.3, -0.25) is 9.59 Å². The average Bonchev–Trinajstić information content (AvgIpc) is 2.77. The summed E-state index contributed by atoms with van der Waals surface area (Å²) in [5.41, 5.74) is -2.15. The van der Waals surface area contributed by atoms with Crippen molar-refractivity contribution in [1.82, 2.24) is 10.6 Å². The Labute approximate surface area is 167 Å². The van der Waals surface area contributed by atoms with Crippen molar-refractivity contribution < 1.29 is 29.3 Å². The van der Waals surface area contributed by atoms with E-state index in [4.69, 9.17) is 4.74 Å². The number of amides is 2. The minimum absolute atomic E-state index is 0.0302. The number of carbonyl (C=O) groups is 3. The number of carboxylic acid groups (broad SMARTS) is 1. The number of carbonyl (C=O) groups excluding carboxylic acids is 2. The summed E-state index contributed by atoms with van der Waals surface area (Å²) in [5.74, 6) is -2.02. The van der Waals surface area contributed by atoms with Gasteiger partial charge in [0.15, 0.2) is 0 Å². The van der Waals surface area contributed by atoms with Gasteiger partial charge in [-0.15, -0.1) is 0 Å². The molecule has 1 aliphatic rings. The first kappa shape index (κ1) is 24.2. The highest BCUT2D eigenvalue weighted by atomic mass is 16.6. The molecule has 1 saturated carbocycles. The Kier molecular flexibility index (Phi) is 7.88. The summed E-state index contributed by atoms with van der Waals surface area (Å²) in [6.07, 6.45) is -0.372. The minimum atomic E-state index is -1.44. The highest BCUT2D eigenvalue weighted by Gasteiger charge is 2.58. The van der Waals surface area contributed by atoms with Crippen molar-refractivity contribution in [3.63, 3.8) is 0 Å². The lowest BCUT2D eigenvalue weighted by Gasteiger charge is -2.37. The van der Waals surface area contributed by atoms with E-state index in [0.29, 0.717) is 0 Å². The Bertz CT molecular complexity index is 584. The molecule has 0 aromatic carbocycles. The van der Waals surface area contributed by atoms with Gasteiger partial charge in [0.05, 0.1) is 11.5 Å². The lowest BCUT2D eigenvalue weighted by Crippen LogP contribution is -2.55. The maximum Gasteiger partial charge on any atom is 0.407 e. The highest BCUT2D eigenvalue weighted by molar-refractivity contribution is 5.77. The molecule has 0 unspecified atom stereocenters. The third-order valence-corrected chi connectivity index (χ3v) is 5.66. The first-order valence-corrected chi connectivity index (χ1v) is 9.94. The van der Waals surface area contributed by atoms with Gasteiger partial charge in [0.1, 0.15) is 5.60 Å². The van der Waals surface area contributed by atoms with Gasteiger partial charge >= 0.3 is 12.1 Å². The van der Waals surface area contributed by atoms with Crippen LogP contribution in [0.25, 0.3) is 0 Å². The molecule has 0 heterocycles. The molecular formula is C20H36N2O6. The van der Waals surface area contributed by atoms with Crippen LogP contribution >= 0.6 is 0 Å². The predicted octanol–water partition coefficient (Wildman–Crippen LogP) is 2.29. The molecule has 0 saturated heterocycles. The number of aliphatic hydroxyl groups is 1. The number of aliphatic carboxylic acids is 1. The van der Waals surface area contributed by atoms with E-state index in [0.717, 1.165) is 12.8 Å². The molecule has 28 heavy (non-hydrogen) atoms. The molecule has 1 aliphatic carbocycles. The molecule has 8 heteroatoms. The zero-order valence-corrected chi connectivity index (χ0v) is 18.0. The van der Waals surface area contributed by atoms with E-state index >= 15 is 0 Å². The molecule has 0 spiro atoms. The van der Waals surface area contributed by atoms with Crippen molar-refractivity contribution in [3.8, 4) is 0 Å². The smallest absolute Gasteiger partial charge is 0.407 e. The number of hydrogen-bond acceptors (Lipinski definition) is 5. The van der Waals surface area contributed by atoms with E-state index in [9.17, 15) is 24.6 Å². The van der Waals surface area contributed by atoms with Crippen molar-refractivity contribution in [3.05, 3.63) is 0 Å². The minimum Gasteiger partial charge on any atom is -0.481 e. The molecule has 0 aromatic heterocycles. The van der Waals surface area contributed by atoms with Crippen molar-refractivity contribution in [2.75, 3.05) is 0 Å². The molecule has 0 bridgehead atoms. The number of ether oxygens (including phenoxy) is 1. The lowest BCUT2D eigenvalue weighted by atomic mass is 9.78. The fraction of sp³-hybridized carbons (Fsp3) is 0.850. The lowest BCUT2D eigenvalue weighted by molar-refractivity contribution is -0.154. The number of nitrogens with one attached hydrogen (secondary N) is 2. The maximum atomic E-state index is 12.4. The van der Waals surface area contributed by atoms with E-state index in [1.165, 1.54) is 13.8 Å². The van der Waals surface area contributed by atoms with Crippen LogP contribution in [0, 0.1) is 17.3 Å². The predicted molar refractivity (Wildman–Crippen MR) is 105 cm³/mol. The largest absolute Gasteiger partial charge is 0.481 e. The molecule has 4 N–H and O–H groups in total. The van der Waals surface area contributed by atoms with Crippen molar-refractivity contribution in [1.29, 1.82) is 0 Å². The fourth-order valence-electron chi connectivity index (χ4n) is 4.18. The second-order valence-electron chi connectivity index (χ2n) is 9.00. The van der Waals surface area contributed by atoms with Gasteiger partial charge in [-0.05, 0) is 40.0 Å². The van der Waals surface area contributed by atoms with Gasteiger partial charge < -0.3 is 25.6 Å². The Balaban J connectivity index is 3.29. The summed E-state index contributed by atoms with van der Waals surface area (Å²) in [6.45, 7) is 12.0. The maximum absolute atomic E-state index is 12.4. The van der Waals surface area contributed by atoms with E-state index in [1.807, 2.05) is 13.8 Å². The van der Waals surface area contributed by atoms with E-state index in [1.54, 1.807) is 20.8 Å². The number of rotatable bonds is 7. The van der Waals surface area contributed by atoms with Crippen LogP contribution < -0.4 is 10.6 Å². The fourth-order valence-corrected chi connectivity index (χ4v) is 4.18. The summed E-state index contributed by atoms with van der Waals surface area (Å²) < 4.78 is 5.32. The third kappa shape index (κ3) is 5.59. The quantitative estimate of drug-likeness (QED) is 0.520. The normalized spacial score (nSPS) is 28.7. The Morgan fingerprint density at radius 3 is 2.14 bits per heavy atom. The number of hydrogen-bond donors (Lipinski definition) is 4. The van der Waals surface area contributed by atoms with Crippen LogP contribution in [0.4, 0.5) is 4.79 Å². The third-order valence-electron chi connectivity index (χ3n) is 5.66. The average molecular weight is 401 g/mol. The zero-order valence-electron chi connectivity index (χ0n) is 18.0. The van der Waals surface area contributed by atoms with Crippen molar-refractivity contribution in [2.24, 2.45) is 17.3 Å². The molecule has 0 aliphatic heterocycles. The second-order valence-corrected chi connectivity index (χ2v) is 9.00. The SMILES string of the molecule is CCC(CC)[C@H](NC(C)=O)[C@H]1[C@H](NC(=O)OC(C)(C)C)C[C@](C)(C(=O)O)[C@H]1O. The summed E-state index contributed by atoms with van der Waals surface area (Å²) in [6, 6.07) is -1.12. The first-order valence-electron chi connectivity index (χ1n) is 9.94. The molecule has 0 radical (unpaired) electrons. The topological polar surface area (TPSA) is 125 Å². The summed E-state index contributed by atoms with van der Waals surface area (Å²) in [7, 11) is 0. The van der Waals surface area contributed by atoms with Crippen LogP contribution in [0.5, 0.6) is 0 Å². The van der Waals surface area contributed by atoms with Crippen molar-refractivity contribution in [2.45, 2.75) is 91.5 Å². The van der Waals surface area contributed by atoms with Gasteiger partial charge in [0.2, 0.25) is 5.91 Å². The van der Waals surface area contributed by atoms with Gasteiger partial charge in [-0.2, -0.15) is 0 Å². The van der Waals surface area contributed by atoms with Crippen LogP contribution in [0.2, 0.25) is 0 Å². The van der Waals surface area contributed by atoms with Gasteiger partial charge in [0, 0.05) is 24.9 Å². The van der Waals surface area contributed by atoms with Crippen LogP contribution in [-0.2, 0) is 14.3 Å². The van der Waals surface area contributed by atoms with Crippen LogP contribution in [0.3, 0.4) is 0 Å². The van der Waals surface area contributed by atoms with Gasteiger partial charge in [-0.1, -0.05) is 26.7 Å². The van der Waals surface area contributed by atoms with E-state index in [-0.39, 0.29) is 18.2 Å². The second kappa shape index (κ2) is 9.11. The number of alkyl carbamates (subject to hydrolysis) is 1. The Morgan fingerprint density at radius 2 is 1.75 bits per heavy atom. The molecular weight excluding hydrogens is 364 g/mol. The van der Waals surface area contributed by atoms with Crippen LogP contribution in [-0.4, -0.2) is 52.0 Å². The first-order chi connectivity index (χ1) is 12.8. The highest BCUT2D eigenvalue weighted by Crippen LogP contribution is 2.45. The molecule has 5 atom stereocenters. The number of carboxylic acids is 1. The summed E-state index contributed by atoms with van der Waals surface area (Å²) in [5, 5.41) is 26.4. The van der Waals surface area contributed by atoms with Crippen molar-refractivity contribution >= 4 is 18.0 Å². The van der Waals surface area contributed by atoms with Gasteiger partial charge in [0.25, 0.3) is 0 Å². The Hall–Kier alpha value is -1.83. The Morgan fingerprint density at radius 1 is 1.21 bits per heavy atom.